The molecule has 2 rings (SSSR count). The molecule has 15 heavy (non-hydrogen) atoms. The highest BCUT2D eigenvalue weighted by Gasteiger charge is 2.39. The highest BCUT2D eigenvalue weighted by atomic mass is 127. The molecule has 0 aliphatic carbocycles. The van der Waals surface area contributed by atoms with Gasteiger partial charge in [0.1, 0.15) is 0 Å². The molecule has 1 atom stereocenters. The zero-order valence-electron chi connectivity index (χ0n) is 7.50. The molecule has 0 spiro atoms. The van der Waals surface area contributed by atoms with Gasteiger partial charge in [0.15, 0.2) is 0 Å². The van der Waals surface area contributed by atoms with Gasteiger partial charge in [-0.05, 0) is 34.7 Å². The Balaban J connectivity index is 2.43. The number of benzene rings is 1. The van der Waals surface area contributed by atoms with Crippen LogP contribution >= 0.6 is 34.2 Å². The van der Waals surface area contributed by atoms with E-state index in [0.29, 0.717) is 5.56 Å². The number of carbonyl (C=O) groups excluding carboxylic acids is 1. The fourth-order valence-electron chi connectivity index (χ4n) is 1.39. The Kier molecular flexibility index (Phi) is 2.74. The Morgan fingerprint density at radius 3 is 2.40 bits per heavy atom. The second kappa shape index (κ2) is 3.77. The van der Waals surface area contributed by atoms with E-state index in [9.17, 15) is 9.90 Å². The second-order valence-electron chi connectivity index (χ2n) is 3.20. The molecule has 0 radical (unpaired) electrons. The monoisotopic (exact) mass is 335 g/mol. The first-order chi connectivity index (χ1) is 7.02. The summed E-state index contributed by atoms with van der Waals surface area (Å²) in [5, 5.41) is 12.7. The van der Waals surface area contributed by atoms with Gasteiger partial charge in [-0.15, -0.1) is 0 Å². The standard InChI is InChI=1S/C10H7ClINO2/c11-8-5-9(14)13-10(8,15)6-1-3-7(12)4-2-6/h1-5,15H,(H,13,14). The van der Waals surface area contributed by atoms with Crippen LogP contribution in [-0.4, -0.2) is 11.0 Å². The number of hydrogen-bond donors (Lipinski definition) is 2. The van der Waals surface area contributed by atoms with Crippen LogP contribution in [0, 0.1) is 3.57 Å². The Morgan fingerprint density at radius 2 is 1.93 bits per heavy atom. The van der Waals surface area contributed by atoms with Crippen LogP contribution in [0.3, 0.4) is 0 Å². The van der Waals surface area contributed by atoms with Crippen LogP contribution in [0.1, 0.15) is 5.56 Å². The first-order valence-corrected chi connectivity index (χ1v) is 5.66. The summed E-state index contributed by atoms with van der Waals surface area (Å²) in [5.74, 6) is -0.388. The van der Waals surface area contributed by atoms with Gasteiger partial charge in [-0.3, -0.25) is 4.79 Å². The fourth-order valence-corrected chi connectivity index (χ4v) is 2.01. The predicted octanol–water partition coefficient (Wildman–Crippen LogP) is 1.69. The van der Waals surface area contributed by atoms with Crippen molar-refractivity contribution in [2.75, 3.05) is 0 Å². The topological polar surface area (TPSA) is 49.3 Å². The smallest absolute Gasteiger partial charge is 0.248 e. The van der Waals surface area contributed by atoms with E-state index >= 15 is 0 Å². The lowest BCUT2D eigenvalue weighted by Crippen LogP contribution is -2.40. The van der Waals surface area contributed by atoms with Gasteiger partial charge < -0.3 is 10.4 Å². The average molecular weight is 336 g/mol. The lowest BCUT2D eigenvalue weighted by molar-refractivity contribution is -0.120. The van der Waals surface area contributed by atoms with Gasteiger partial charge in [0, 0.05) is 15.2 Å². The van der Waals surface area contributed by atoms with Crippen molar-refractivity contribution in [3.63, 3.8) is 0 Å². The lowest BCUT2D eigenvalue weighted by Gasteiger charge is -2.23. The van der Waals surface area contributed by atoms with Crippen LogP contribution in [0.5, 0.6) is 0 Å². The minimum atomic E-state index is -1.57. The highest BCUT2D eigenvalue weighted by Crippen LogP contribution is 2.33. The Morgan fingerprint density at radius 1 is 1.33 bits per heavy atom. The molecule has 1 unspecified atom stereocenters. The summed E-state index contributed by atoms with van der Waals surface area (Å²) < 4.78 is 1.05. The summed E-state index contributed by atoms with van der Waals surface area (Å²) in [6.45, 7) is 0. The van der Waals surface area contributed by atoms with Crippen molar-refractivity contribution in [1.82, 2.24) is 5.32 Å². The van der Waals surface area contributed by atoms with Gasteiger partial charge in [0.05, 0.1) is 5.03 Å². The molecular weight excluding hydrogens is 328 g/mol. The van der Waals surface area contributed by atoms with E-state index in [1.165, 1.54) is 6.08 Å². The summed E-state index contributed by atoms with van der Waals surface area (Å²) in [6, 6.07) is 7.12. The number of aliphatic hydroxyl groups is 1. The first kappa shape index (κ1) is 10.9. The molecule has 0 aromatic heterocycles. The molecule has 78 valence electrons. The minimum absolute atomic E-state index is 0.0914. The number of rotatable bonds is 1. The van der Waals surface area contributed by atoms with Crippen LogP contribution in [0.4, 0.5) is 0 Å². The van der Waals surface area contributed by atoms with E-state index in [2.05, 4.69) is 27.9 Å². The molecule has 0 saturated heterocycles. The quantitative estimate of drug-likeness (QED) is 0.767. The second-order valence-corrected chi connectivity index (χ2v) is 4.85. The summed E-state index contributed by atoms with van der Waals surface area (Å²) in [7, 11) is 0. The summed E-state index contributed by atoms with van der Waals surface area (Å²) >= 11 is 7.97. The van der Waals surface area contributed by atoms with Gasteiger partial charge in [0.25, 0.3) is 0 Å². The largest absolute Gasteiger partial charge is 0.362 e. The molecule has 1 heterocycles. The number of halogens is 2. The molecule has 0 fully saturated rings. The summed E-state index contributed by atoms with van der Waals surface area (Å²) in [4.78, 5) is 11.1. The molecule has 0 saturated carbocycles. The summed E-state index contributed by atoms with van der Waals surface area (Å²) in [5.41, 5.74) is -1.02. The number of carbonyl (C=O) groups is 1. The molecule has 1 aliphatic rings. The first-order valence-electron chi connectivity index (χ1n) is 4.20. The van der Waals surface area contributed by atoms with Gasteiger partial charge in [-0.25, -0.2) is 0 Å². The van der Waals surface area contributed by atoms with Crippen LogP contribution in [0.2, 0.25) is 0 Å². The SMILES string of the molecule is O=C1C=C(Cl)C(O)(c2ccc(I)cc2)N1. The predicted molar refractivity (Wildman–Crippen MR) is 65.1 cm³/mol. The van der Waals surface area contributed by atoms with Crippen LogP contribution in [0.15, 0.2) is 35.4 Å². The van der Waals surface area contributed by atoms with Crippen molar-refractivity contribution in [3.8, 4) is 0 Å². The van der Waals surface area contributed by atoms with E-state index < -0.39 is 5.72 Å². The Labute approximate surface area is 105 Å². The zero-order valence-corrected chi connectivity index (χ0v) is 10.4. The normalized spacial score (nSPS) is 25.0. The van der Waals surface area contributed by atoms with Crippen molar-refractivity contribution in [2.24, 2.45) is 0 Å². The third-order valence-electron chi connectivity index (χ3n) is 2.17. The molecule has 1 amide bonds. The Hall–Kier alpha value is -0.590. The average Bonchev–Trinajstić information content (AvgIpc) is 2.42. The van der Waals surface area contributed by atoms with E-state index in [4.69, 9.17) is 11.6 Å². The molecule has 3 nitrogen and oxygen atoms in total. The van der Waals surface area contributed by atoms with Gasteiger partial charge in [-0.2, -0.15) is 0 Å². The van der Waals surface area contributed by atoms with Crippen molar-refractivity contribution in [1.29, 1.82) is 0 Å². The maximum Gasteiger partial charge on any atom is 0.248 e. The maximum absolute atomic E-state index is 11.1. The van der Waals surface area contributed by atoms with E-state index in [1.807, 2.05) is 12.1 Å². The van der Waals surface area contributed by atoms with Crippen LogP contribution < -0.4 is 5.32 Å². The summed E-state index contributed by atoms with van der Waals surface area (Å²) in [6.07, 6.45) is 1.18. The number of hydrogen-bond acceptors (Lipinski definition) is 2. The fraction of sp³-hybridized carbons (Fsp3) is 0.100. The third kappa shape index (κ3) is 1.89. The van der Waals surface area contributed by atoms with Crippen molar-refractivity contribution in [3.05, 3.63) is 44.5 Å². The number of amides is 1. The maximum atomic E-state index is 11.1. The molecule has 5 heteroatoms. The van der Waals surface area contributed by atoms with Gasteiger partial charge >= 0.3 is 0 Å². The van der Waals surface area contributed by atoms with E-state index in [0.717, 1.165) is 3.57 Å². The number of nitrogens with one attached hydrogen (secondary N) is 1. The van der Waals surface area contributed by atoms with Crippen molar-refractivity contribution < 1.29 is 9.90 Å². The van der Waals surface area contributed by atoms with E-state index in [1.54, 1.807) is 12.1 Å². The van der Waals surface area contributed by atoms with E-state index in [-0.39, 0.29) is 10.9 Å². The van der Waals surface area contributed by atoms with Crippen LogP contribution in [-0.2, 0) is 10.5 Å². The molecule has 2 N–H and O–H groups in total. The molecular formula is C10H7ClINO2. The van der Waals surface area contributed by atoms with Gasteiger partial charge in [-0.1, -0.05) is 23.7 Å². The molecule has 1 aromatic carbocycles. The zero-order chi connectivity index (χ0) is 11.1. The molecule has 0 bridgehead atoms. The third-order valence-corrected chi connectivity index (χ3v) is 3.27. The lowest BCUT2D eigenvalue weighted by atomic mass is 10.0. The van der Waals surface area contributed by atoms with Crippen LogP contribution in [0.25, 0.3) is 0 Å². The van der Waals surface area contributed by atoms with Crippen molar-refractivity contribution in [2.45, 2.75) is 5.72 Å². The minimum Gasteiger partial charge on any atom is -0.362 e. The highest BCUT2D eigenvalue weighted by molar-refractivity contribution is 14.1. The molecule has 1 aromatic rings. The van der Waals surface area contributed by atoms with Crippen molar-refractivity contribution >= 4 is 40.1 Å². The van der Waals surface area contributed by atoms with Gasteiger partial charge in [0.2, 0.25) is 11.6 Å². The Bertz CT molecular complexity index is 443. The molecule has 1 aliphatic heterocycles.